The Bertz CT molecular complexity index is 413. The van der Waals surface area contributed by atoms with Crippen LogP contribution >= 0.6 is 0 Å². The van der Waals surface area contributed by atoms with Crippen LogP contribution in [-0.4, -0.2) is 15.4 Å². The van der Waals surface area contributed by atoms with Crippen LogP contribution in [0.25, 0.3) is 0 Å². The molecule has 0 aliphatic heterocycles. The van der Waals surface area contributed by atoms with E-state index < -0.39 is 8.32 Å². The quantitative estimate of drug-likeness (QED) is 0.582. The average Bonchev–Trinajstić information content (AvgIpc) is 2.27. The fourth-order valence-corrected chi connectivity index (χ4v) is 2.66. The summed E-state index contributed by atoms with van der Waals surface area (Å²) in [7, 11) is 0.0690. The maximum atomic E-state index is 6.03. The van der Waals surface area contributed by atoms with Crippen molar-refractivity contribution in [2.75, 3.05) is 7.11 Å². The molecule has 3 heteroatoms. The van der Waals surface area contributed by atoms with Crippen LogP contribution in [0.1, 0.15) is 19.4 Å². The van der Waals surface area contributed by atoms with Crippen molar-refractivity contribution in [2.24, 2.45) is 0 Å². The van der Waals surface area contributed by atoms with Gasteiger partial charge in [0.2, 0.25) is 8.32 Å². The van der Waals surface area contributed by atoms with Crippen LogP contribution < -0.4 is 4.74 Å². The summed E-state index contributed by atoms with van der Waals surface area (Å²) in [4.78, 5) is 0. The van der Waals surface area contributed by atoms with E-state index >= 15 is 0 Å². The second-order valence-corrected chi connectivity index (χ2v) is 10.4. The van der Waals surface area contributed by atoms with Gasteiger partial charge in [0.05, 0.1) is 12.9 Å². The molecule has 1 aromatic rings. The minimum atomic E-state index is -1.60. The van der Waals surface area contributed by atoms with E-state index in [-0.39, 0.29) is 5.41 Å². The molecule has 0 bridgehead atoms. The van der Waals surface area contributed by atoms with Crippen LogP contribution in [0.4, 0.5) is 0 Å². The van der Waals surface area contributed by atoms with E-state index in [1.165, 1.54) is 5.56 Å². The highest BCUT2D eigenvalue weighted by Gasteiger charge is 2.29. The summed E-state index contributed by atoms with van der Waals surface area (Å²) in [5, 5.41) is 0. The van der Waals surface area contributed by atoms with Gasteiger partial charge in [0.15, 0.2) is 0 Å². The zero-order valence-corrected chi connectivity index (χ0v) is 13.3. The largest absolute Gasteiger partial charge is 0.547 e. The molecule has 18 heavy (non-hydrogen) atoms. The van der Waals surface area contributed by atoms with Crippen molar-refractivity contribution in [1.82, 2.24) is 0 Å². The van der Waals surface area contributed by atoms with Crippen molar-refractivity contribution in [1.29, 1.82) is 0 Å². The number of rotatable bonds is 5. The second-order valence-electron chi connectivity index (χ2n) is 5.99. The Kier molecular flexibility index (Phi) is 4.27. The van der Waals surface area contributed by atoms with E-state index in [1.54, 1.807) is 7.11 Å². The first kappa shape index (κ1) is 14.8. The molecule has 0 saturated heterocycles. The van der Waals surface area contributed by atoms with Crippen LogP contribution in [0.5, 0.6) is 5.75 Å². The van der Waals surface area contributed by atoms with Crippen LogP contribution in [0.15, 0.2) is 36.6 Å². The molecule has 0 heterocycles. The van der Waals surface area contributed by atoms with Gasteiger partial charge in [-0.25, -0.2) is 0 Å². The fourth-order valence-electron chi connectivity index (χ4n) is 1.67. The third-order valence-corrected chi connectivity index (χ3v) is 3.80. The Labute approximate surface area is 112 Å². The number of benzene rings is 1. The topological polar surface area (TPSA) is 18.5 Å². The minimum Gasteiger partial charge on any atom is -0.547 e. The summed E-state index contributed by atoms with van der Waals surface area (Å²) in [6.45, 7) is 14.9. The lowest BCUT2D eigenvalue weighted by molar-refractivity contribution is 0.335. The summed E-state index contributed by atoms with van der Waals surface area (Å²) in [5.74, 6) is 1.71. The Hall–Kier alpha value is -1.22. The van der Waals surface area contributed by atoms with Gasteiger partial charge in [0.1, 0.15) is 5.75 Å². The third kappa shape index (κ3) is 3.64. The second kappa shape index (κ2) is 5.18. The molecule has 0 spiro atoms. The summed E-state index contributed by atoms with van der Waals surface area (Å²) in [5.41, 5.74) is 0.999. The Balaban J connectivity index is 2.94. The van der Waals surface area contributed by atoms with Crippen molar-refractivity contribution >= 4 is 8.32 Å². The molecule has 2 nitrogen and oxygen atoms in total. The molecule has 0 amide bonds. The summed E-state index contributed by atoms with van der Waals surface area (Å²) in [6, 6.07) is 8.08. The summed E-state index contributed by atoms with van der Waals surface area (Å²) in [6.07, 6.45) is 0. The predicted octanol–water partition coefficient (Wildman–Crippen LogP) is 4.34. The maximum Gasteiger partial charge on any atom is 0.241 e. The third-order valence-electron chi connectivity index (χ3n) is 2.94. The number of hydrogen-bond donors (Lipinski definition) is 0. The predicted molar refractivity (Wildman–Crippen MR) is 79.6 cm³/mol. The highest BCUT2D eigenvalue weighted by molar-refractivity contribution is 6.70. The number of hydrogen-bond acceptors (Lipinski definition) is 2. The maximum absolute atomic E-state index is 6.03. The van der Waals surface area contributed by atoms with Crippen molar-refractivity contribution in [3.05, 3.63) is 42.2 Å². The normalized spacial score (nSPS) is 12.1. The molecule has 100 valence electrons. The summed E-state index contributed by atoms with van der Waals surface area (Å²) >= 11 is 0. The number of allylic oxidation sites excluding steroid dienone is 1. The van der Waals surface area contributed by atoms with Gasteiger partial charge in [-0.15, -0.1) is 0 Å². The molecule has 0 N–H and O–H groups in total. The van der Waals surface area contributed by atoms with E-state index in [9.17, 15) is 0 Å². The standard InChI is InChI=1S/C15H24O2Si/c1-12(17-18(5,6)7)15(2,3)13-8-10-14(16-4)11-9-13/h8-11H,1H2,2-7H3. The van der Waals surface area contributed by atoms with Gasteiger partial charge in [-0.3, -0.25) is 0 Å². The first-order chi connectivity index (χ1) is 8.16. The molecule has 0 radical (unpaired) electrons. The van der Waals surface area contributed by atoms with E-state index in [1.807, 2.05) is 12.1 Å². The van der Waals surface area contributed by atoms with Crippen molar-refractivity contribution in [2.45, 2.75) is 38.9 Å². The van der Waals surface area contributed by atoms with Crippen LogP contribution in [0, 0.1) is 0 Å². The molecule has 1 rings (SSSR count). The highest BCUT2D eigenvalue weighted by Crippen LogP contribution is 2.33. The van der Waals surface area contributed by atoms with E-state index in [0.717, 1.165) is 11.5 Å². The van der Waals surface area contributed by atoms with Gasteiger partial charge in [-0.2, -0.15) is 0 Å². The lowest BCUT2D eigenvalue weighted by atomic mass is 9.83. The first-order valence-corrected chi connectivity index (χ1v) is 9.60. The first-order valence-electron chi connectivity index (χ1n) is 6.20. The van der Waals surface area contributed by atoms with Crippen LogP contribution in [0.2, 0.25) is 19.6 Å². The number of methoxy groups -OCH3 is 1. The summed E-state index contributed by atoms with van der Waals surface area (Å²) < 4.78 is 11.2. The monoisotopic (exact) mass is 264 g/mol. The van der Waals surface area contributed by atoms with Crippen molar-refractivity contribution in [3.63, 3.8) is 0 Å². The highest BCUT2D eigenvalue weighted by atomic mass is 28.4. The number of ether oxygens (including phenoxy) is 1. The average molecular weight is 264 g/mol. The molecule has 0 saturated carbocycles. The molecule has 1 aromatic carbocycles. The lowest BCUT2D eigenvalue weighted by Crippen LogP contribution is -2.31. The van der Waals surface area contributed by atoms with Gasteiger partial charge >= 0.3 is 0 Å². The molecule has 0 unspecified atom stereocenters. The van der Waals surface area contributed by atoms with Gasteiger partial charge in [0.25, 0.3) is 0 Å². The van der Waals surface area contributed by atoms with E-state index in [4.69, 9.17) is 9.16 Å². The van der Waals surface area contributed by atoms with Crippen molar-refractivity contribution < 1.29 is 9.16 Å². The molecule has 0 aliphatic rings. The van der Waals surface area contributed by atoms with Gasteiger partial charge in [0, 0.05) is 5.41 Å². The van der Waals surface area contributed by atoms with Gasteiger partial charge < -0.3 is 9.16 Å². The molecule has 0 atom stereocenters. The molecule has 0 aliphatic carbocycles. The Morgan fingerprint density at radius 2 is 1.61 bits per heavy atom. The lowest BCUT2D eigenvalue weighted by Gasteiger charge is -2.32. The van der Waals surface area contributed by atoms with Crippen LogP contribution in [0.3, 0.4) is 0 Å². The Morgan fingerprint density at radius 3 is 2.00 bits per heavy atom. The molecular weight excluding hydrogens is 240 g/mol. The zero-order chi connectivity index (χ0) is 14.0. The molecular formula is C15H24O2Si. The Morgan fingerprint density at radius 1 is 1.11 bits per heavy atom. The van der Waals surface area contributed by atoms with Gasteiger partial charge in [-0.1, -0.05) is 18.7 Å². The SMILES string of the molecule is C=C(O[Si](C)(C)C)C(C)(C)c1ccc(OC)cc1. The van der Waals surface area contributed by atoms with Gasteiger partial charge in [-0.05, 0) is 51.2 Å². The fraction of sp³-hybridized carbons (Fsp3) is 0.467. The molecule has 0 aromatic heterocycles. The van der Waals surface area contributed by atoms with E-state index in [2.05, 4.69) is 52.2 Å². The minimum absolute atomic E-state index is 0.188. The molecule has 0 fully saturated rings. The zero-order valence-electron chi connectivity index (χ0n) is 12.3. The smallest absolute Gasteiger partial charge is 0.241 e. The van der Waals surface area contributed by atoms with E-state index in [0.29, 0.717) is 0 Å². The van der Waals surface area contributed by atoms with Crippen molar-refractivity contribution in [3.8, 4) is 5.75 Å². The van der Waals surface area contributed by atoms with Crippen LogP contribution in [-0.2, 0) is 9.84 Å².